The molecule has 0 N–H and O–H groups in total. The van der Waals surface area contributed by atoms with Crippen LogP contribution in [0.5, 0.6) is 5.75 Å². The molecule has 0 saturated carbocycles. The van der Waals surface area contributed by atoms with Crippen LogP contribution in [0.4, 0.5) is 0 Å². The Balaban J connectivity index is 2.75. The van der Waals surface area contributed by atoms with Crippen LogP contribution in [-0.4, -0.2) is 30.0 Å². The van der Waals surface area contributed by atoms with Crippen molar-refractivity contribution in [2.24, 2.45) is 0 Å². The number of benzene rings is 1. The summed E-state index contributed by atoms with van der Waals surface area (Å²) in [5.74, 6) is 0.664. The first kappa shape index (κ1) is 14.8. The maximum atomic E-state index is 12.2. The van der Waals surface area contributed by atoms with E-state index in [-0.39, 0.29) is 5.91 Å². The monoisotopic (exact) mass is 269 g/mol. The third kappa shape index (κ3) is 3.91. The topological polar surface area (TPSA) is 29.5 Å². The quantitative estimate of drug-likeness (QED) is 0.792. The van der Waals surface area contributed by atoms with Crippen LogP contribution in [0.1, 0.15) is 27.2 Å². The molecule has 0 aliphatic rings. The highest BCUT2D eigenvalue weighted by Gasteiger charge is 2.22. The van der Waals surface area contributed by atoms with Crippen LogP contribution < -0.4 is 4.74 Å². The van der Waals surface area contributed by atoms with E-state index in [1.807, 2.05) is 32.9 Å². The molecule has 1 atom stereocenters. The molecular formula is C14H20ClNO2. The van der Waals surface area contributed by atoms with Gasteiger partial charge in [-0.3, -0.25) is 4.79 Å². The lowest BCUT2D eigenvalue weighted by Crippen LogP contribution is -2.41. The van der Waals surface area contributed by atoms with Gasteiger partial charge in [0.2, 0.25) is 0 Å². The zero-order valence-corrected chi connectivity index (χ0v) is 11.9. The van der Waals surface area contributed by atoms with Crippen molar-refractivity contribution >= 4 is 17.5 Å². The molecule has 1 rings (SSSR count). The fraction of sp³-hybridized carbons (Fsp3) is 0.500. The number of amides is 1. The normalized spacial score (nSPS) is 12.0. The molecule has 1 aromatic rings. The van der Waals surface area contributed by atoms with E-state index < -0.39 is 6.10 Å². The summed E-state index contributed by atoms with van der Waals surface area (Å²) in [6.45, 7) is 7.27. The maximum absolute atomic E-state index is 12.2. The Morgan fingerprint density at radius 3 is 2.50 bits per heavy atom. The highest BCUT2D eigenvalue weighted by atomic mass is 35.5. The number of halogens is 1. The molecule has 0 spiro atoms. The maximum Gasteiger partial charge on any atom is 0.263 e. The van der Waals surface area contributed by atoms with Crippen molar-refractivity contribution in [2.45, 2.75) is 33.3 Å². The summed E-state index contributed by atoms with van der Waals surface area (Å²) < 4.78 is 5.72. The van der Waals surface area contributed by atoms with Gasteiger partial charge in [0.05, 0.1) is 0 Å². The van der Waals surface area contributed by atoms with Crippen molar-refractivity contribution in [1.82, 2.24) is 4.90 Å². The number of ether oxygens (including phenoxy) is 1. The van der Waals surface area contributed by atoms with Gasteiger partial charge in [0.25, 0.3) is 5.91 Å². The van der Waals surface area contributed by atoms with E-state index in [1.165, 1.54) is 0 Å². The predicted octanol–water partition coefficient (Wildman–Crippen LogP) is 3.37. The number of carbonyl (C=O) groups excluding carboxylic acids is 1. The Kier molecular flexibility index (Phi) is 5.99. The van der Waals surface area contributed by atoms with Crippen molar-refractivity contribution in [2.75, 3.05) is 13.1 Å². The van der Waals surface area contributed by atoms with Crippen molar-refractivity contribution in [1.29, 1.82) is 0 Å². The van der Waals surface area contributed by atoms with Gasteiger partial charge in [-0.1, -0.05) is 24.6 Å². The first-order valence-electron chi connectivity index (χ1n) is 6.33. The molecule has 0 aromatic heterocycles. The van der Waals surface area contributed by atoms with Crippen molar-refractivity contribution < 1.29 is 9.53 Å². The molecule has 0 saturated heterocycles. The summed E-state index contributed by atoms with van der Waals surface area (Å²) in [5, 5.41) is 0.609. The van der Waals surface area contributed by atoms with Crippen LogP contribution in [-0.2, 0) is 4.79 Å². The minimum Gasteiger partial charge on any atom is -0.481 e. The van der Waals surface area contributed by atoms with Crippen LogP contribution in [0.2, 0.25) is 5.02 Å². The van der Waals surface area contributed by atoms with E-state index in [4.69, 9.17) is 16.3 Å². The van der Waals surface area contributed by atoms with Gasteiger partial charge >= 0.3 is 0 Å². The number of rotatable bonds is 6. The third-order valence-electron chi connectivity index (χ3n) is 2.80. The molecule has 3 nitrogen and oxygen atoms in total. The molecule has 0 aliphatic heterocycles. The molecule has 0 radical (unpaired) electrons. The van der Waals surface area contributed by atoms with E-state index in [2.05, 4.69) is 0 Å². The molecule has 0 bridgehead atoms. The Bertz CT molecular complexity index is 391. The van der Waals surface area contributed by atoms with Crippen molar-refractivity contribution in [3.63, 3.8) is 0 Å². The van der Waals surface area contributed by atoms with Gasteiger partial charge in [0.15, 0.2) is 6.10 Å². The van der Waals surface area contributed by atoms with Gasteiger partial charge in [-0.05, 0) is 38.5 Å². The summed E-state index contributed by atoms with van der Waals surface area (Å²) in [5.41, 5.74) is 0. The van der Waals surface area contributed by atoms with Crippen LogP contribution in [0.25, 0.3) is 0 Å². The minimum absolute atomic E-state index is 0.0301. The lowest BCUT2D eigenvalue weighted by molar-refractivity contribution is -0.138. The standard InChI is InChI=1S/C14H20ClNO2/c1-4-13(14(17)16(5-2)6-3)18-12-9-7-8-11(15)10-12/h7-10,13H,4-6H2,1-3H3/t13-/m0/s1. The molecule has 1 amide bonds. The molecule has 0 fully saturated rings. The fourth-order valence-corrected chi connectivity index (χ4v) is 1.93. The van der Waals surface area contributed by atoms with E-state index >= 15 is 0 Å². The van der Waals surface area contributed by atoms with Crippen molar-refractivity contribution in [3.8, 4) is 5.75 Å². The Hall–Kier alpha value is -1.22. The lowest BCUT2D eigenvalue weighted by Gasteiger charge is -2.25. The van der Waals surface area contributed by atoms with E-state index in [1.54, 1.807) is 17.0 Å². The largest absolute Gasteiger partial charge is 0.481 e. The third-order valence-corrected chi connectivity index (χ3v) is 3.03. The molecular weight excluding hydrogens is 250 g/mol. The summed E-state index contributed by atoms with van der Waals surface area (Å²) >= 11 is 5.89. The number of nitrogens with zero attached hydrogens (tertiary/aromatic N) is 1. The van der Waals surface area contributed by atoms with Crippen LogP contribution >= 0.6 is 11.6 Å². The SMILES string of the molecule is CC[C@H](Oc1cccc(Cl)c1)C(=O)N(CC)CC. The summed E-state index contributed by atoms with van der Waals surface area (Å²) in [6.07, 6.45) is 0.199. The lowest BCUT2D eigenvalue weighted by atomic mass is 10.2. The van der Waals surface area contributed by atoms with Crippen LogP contribution in [0.15, 0.2) is 24.3 Å². The zero-order valence-electron chi connectivity index (χ0n) is 11.1. The first-order chi connectivity index (χ1) is 8.62. The van der Waals surface area contributed by atoms with Crippen LogP contribution in [0, 0.1) is 0 Å². The van der Waals surface area contributed by atoms with E-state index in [9.17, 15) is 4.79 Å². The fourth-order valence-electron chi connectivity index (χ4n) is 1.75. The Morgan fingerprint density at radius 2 is 2.00 bits per heavy atom. The minimum atomic E-state index is -0.441. The smallest absolute Gasteiger partial charge is 0.263 e. The summed E-state index contributed by atoms with van der Waals surface area (Å²) in [6, 6.07) is 7.12. The molecule has 0 aliphatic carbocycles. The molecule has 0 unspecified atom stereocenters. The van der Waals surface area contributed by atoms with Gasteiger partial charge in [-0.25, -0.2) is 0 Å². The van der Waals surface area contributed by atoms with Crippen molar-refractivity contribution in [3.05, 3.63) is 29.3 Å². The second kappa shape index (κ2) is 7.27. The Morgan fingerprint density at radius 1 is 1.33 bits per heavy atom. The van der Waals surface area contributed by atoms with E-state index in [0.29, 0.717) is 30.3 Å². The van der Waals surface area contributed by atoms with Gasteiger partial charge in [0, 0.05) is 18.1 Å². The van der Waals surface area contributed by atoms with E-state index in [0.717, 1.165) is 0 Å². The summed E-state index contributed by atoms with van der Waals surface area (Å²) in [7, 11) is 0. The highest BCUT2D eigenvalue weighted by Crippen LogP contribution is 2.19. The zero-order chi connectivity index (χ0) is 13.5. The average molecular weight is 270 g/mol. The van der Waals surface area contributed by atoms with Gasteiger partial charge in [-0.15, -0.1) is 0 Å². The van der Waals surface area contributed by atoms with Gasteiger partial charge in [-0.2, -0.15) is 0 Å². The van der Waals surface area contributed by atoms with Gasteiger partial charge < -0.3 is 9.64 Å². The predicted molar refractivity (Wildman–Crippen MR) is 74.1 cm³/mol. The Labute approximate surface area is 114 Å². The second-order valence-corrected chi connectivity index (χ2v) is 4.42. The second-order valence-electron chi connectivity index (χ2n) is 3.98. The number of hydrogen-bond donors (Lipinski definition) is 0. The first-order valence-corrected chi connectivity index (χ1v) is 6.71. The number of likely N-dealkylation sites (N-methyl/N-ethyl adjacent to an activating group) is 1. The van der Waals surface area contributed by atoms with Crippen LogP contribution in [0.3, 0.4) is 0 Å². The molecule has 100 valence electrons. The summed E-state index contributed by atoms with van der Waals surface area (Å²) in [4.78, 5) is 14.0. The van der Waals surface area contributed by atoms with Gasteiger partial charge in [0.1, 0.15) is 5.75 Å². The molecule has 4 heteroatoms. The molecule has 18 heavy (non-hydrogen) atoms. The molecule has 1 aromatic carbocycles. The average Bonchev–Trinajstić information content (AvgIpc) is 2.37. The number of hydrogen-bond acceptors (Lipinski definition) is 2. The highest BCUT2D eigenvalue weighted by molar-refractivity contribution is 6.30. The number of carbonyl (C=O) groups is 1. The molecule has 0 heterocycles.